The van der Waals surface area contributed by atoms with E-state index in [4.69, 9.17) is 4.74 Å². The fourth-order valence-electron chi connectivity index (χ4n) is 4.65. The van der Waals surface area contributed by atoms with E-state index >= 15 is 0 Å². The molecule has 1 amide bonds. The fraction of sp³-hybridized carbons (Fsp3) is 0.0588. The van der Waals surface area contributed by atoms with Crippen LogP contribution in [0.1, 0.15) is 12.5 Å². The summed E-state index contributed by atoms with van der Waals surface area (Å²) in [7, 11) is 0. The number of amides is 1. The highest BCUT2D eigenvalue weighted by Crippen LogP contribution is 2.37. The van der Waals surface area contributed by atoms with Gasteiger partial charge in [-0.3, -0.25) is 14.9 Å². The van der Waals surface area contributed by atoms with Crippen LogP contribution in [-0.4, -0.2) is 22.0 Å². The van der Waals surface area contributed by atoms with Crippen molar-refractivity contribution in [2.24, 2.45) is 0 Å². The molecular formula is C34H26N4O4. The summed E-state index contributed by atoms with van der Waals surface area (Å²) in [4.78, 5) is 24.1. The average Bonchev–Trinajstić information content (AvgIpc) is 3.41. The number of carbonyl (C=O) groups is 1. The van der Waals surface area contributed by atoms with Crippen LogP contribution in [0.15, 0.2) is 121 Å². The second-order valence-corrected chi connectivity index (χ2v) is 9.26. The molecule has 0 saturated heterocycles. The number of benzene rings is 4. The molecule has 0 aliphatic heterocycles. The molecule has 0 aliphatic carbocycles. The number of ether oxygens (including phenoxy) is 1. The molecule has 0 saturated carbocycles. The van der Waals surface area contributed by atoms with E-state index in [0.717, 1.165) is 22.5 Å². The summed E-state index contributed by atoms with van der Waals surface area (Å²) >= 11 is 0. The number of hydrogen-bond acceptors (Lipinski definition) is 5. The Morgan fingerprint density at radius 2 is 1.55 bits per heavy atom. The Balaban J connectivity index is 1.66. The van der Waals surface area contributed by atoms with Crippen LogP contribution in [0.4, 0.5) is 11.4 Å². The number of carbonyl (C=O) groups excluding carboxylic acids is 1. The van der Waals surface area contributed by atoms with Crippen molar-refractivity contribution in [3.63, 3.8) is 0 Å². The molecule has 0 unspecified atom stereocenters. The number of nitrogens with one attached hydrogen (secondary N) is 1. The predicted molar refractivity (Wildman–Crippen MR) is 163 cm³/mol. The summed E-state index contributed by atoms with van der Waals surface area (Å²) in [5.74, 6) is 0.130. The standard InChI is InChI=1S/C34H26N4O4/c1-2-42-31-19-13-28(14-20-31)36-34(39)27(23-35)21-26-22-32(24-9-5-3-6-10-24)37(33(26)25-11-7-4-8-12-25)29-15-17-30(18-16-29)38(40)41/h3-22H,2H2,1H3,(H,36,39)/b27-21+. The minimum absolute atomic E-state index is 0.0220. The normalized spacial score (nSPS) is 11.0. The van der Waals surface area contributed by atoms with Crippen molar-refractivity contribution in [2.75, 3.05) is 11.9 Å². The summed E-state index contributed by atoms with van der Waals surface area (Å²) in [5.41, 5.74) is 5.00. The first-order valence-electron chi connectivity index (χ1n) is 13.3. The minimum Gasteiger partial charge on any atom is -0.494 e. The maximum Gasteiger partial charge on any atom is 0.269 e. The molecule has 5 rings (SSSR count). The molecule has 0 atom stereocenters. The highest BCUT2D eigenvalue weighted by Gasteiger charge is 2.21. The number of nitrogens with zero attached hydrogens (tertiary/aromatic N) is 3. The van der Waals surface area contributed by atoms with Gasteiger partial charge in [-0.1, -0.05) is 60.7 Å². The smallest absolute Gasteiger partial charge is 0.269 e. The summed E-state index contributed by atoms with van der Waals surface area (Å²) in [6.07, 6.45) is 1.57. The van der Waals surface area contributed by atoms with Crippen molar-refractivity contribution in [2.45, 2.75) is 6.92 Å². The van der Waals surface area contributed by atoms with Crippen LogP contribution in [0.5, 0.6) is 5.75 Å². The van der Waals surface area contributed by atoms with E-state index in [1.807, 2.05) is 84.3 Å². The monoisotopic (exact) mass is 554 g/mol. The molecule has 1 heterocycles. The number of anilines is 1. The van der Waals surface area contributed by atoms with E-state index in [1.54, 1.807) is 42.5 Å². The molecule has 4 aromatic carbocycles. The van der Waals surface area contributed by atoms with Gasteiger partial charge in [-0.15, -0.1) is 0 Å². The zero-order valence-corrected chi connectivity index (χ0v) is 22.7. The van der Waals surface area contributed by atoms with E-state index in [9.17, 15) is 20.2 Å². The molecule has 1 N–H and O–H groups in total. The molecule has 0 fully saturated rings. The van der Waals surface area contributed by atoms with Gasteiger partial charge in [-0.2, -0.15) is 5.26 Å². The van der Waals surface area contributed by atoms with Crippen molar-refractivity contribution in [1.82, 2.24) is 4.57 Å². The van der Waals surface area contributed by atoms with E-state index in [-0.39, 0.29) is 11.3 Å². The zero-order chi connectivity index (χ0) is 29.5. The van der Waals surface area contributed by atoms with Gasteiger partial charge in [0.1, 0.15) is 17.4 Å². The number of nitro groups is 1. The molecule has 8 nitrogen and oxygen atoms in total. The maximum absolute atomic E-state index is 13.2. The molecule has 0 radical (unpaired) electrons. The number of hydrogen-bond donors (Lipinski definition) is 1. The molecule has 206 valence electrons. The average molecular weight is 555 g/mol. The highest BCUT2D eigenvalue weighted by molar-refractivity contribution is 6.10. The van der Waals surface area contributed by atoms with Crippen LogP contribution in [0.2, 0.25) is 0 Å². The molecule has 5 aromatic rings. The number of rotatable bonds is 9. The fourth-order valence-corrected chi connectivity index (χ4v) is 4.65. The second-order valence-electron chi connectivity index (χ2n) is 9.26. The summed E-state index contributed by atoms with van der Waals surface area (Å²) in [5, 5.41) is 24.2. The van der Waals surface area contributed by atoms with Crippen molar-refractivity contribution in [3.8, 4) is 40.0 Å². The van der Waals surface area contributed by atoms with Gasteiger partial charge < -0.3 is 14.6 Å². The lowest BCUT2D eigenvalue weighted by atomic mass is 10.0. The second kappa shape index (κ2) is 12.5. The van der Waals surface area contributed by atoms with Gasteiger partial charge >= 0.3 is 0 Å². The Kier molecular flexibility index (Phi) is 8.22. The molecule has 0 bridgehead atoms. The summed E-state index contributed by atoms with van der Waals surface area (Å²) in [6.45, 7) is 2.42. The summed E-state index contributed by atoms with van der Waals surface area (Å²) < 4.78 is 7.45. The van der Waals surface area contributed by atoms with Crippen molar-refractivity contribution >= 4 is 23.4 Å². The summed E-state index contributed by atoms with van der Waals surface area (Å²) in [6, 6.07) is 36.5. The van der Waals surface area contributed by atoms with Crippen LogP contribution in [0, 0.1) is 21.4 Å². The van der Waals surface area contributed by atoms with E-state index in [1.165, 1.54) is 12.1 Å². The lowest BCUT2D eigenvalue weighted by molar-refractivity contribution is -0.384. The topological polar surface area (TPSA) is 110 Å². The lowest BCUT2D eigenvalue weighted by Crippen LogP contribution is -2.13. The quantitative estimate of drug-likeness (QED) is 0.0870. The van der Waals surface area contributed by atoms with E-state index < -0.39 is 10.8 Å². The van der Waals surface area contributed by atoms with Gasteiger partial charge in [-0.05, 0) is 66.6 Å². The molecule has 42 heavy (non-hydrogen) atoms. The van der Waals surface area contributed by atoms with Crippen molar-refractivity contribution in [1.29, 1.82) is 5.26 Å². The maximum atomic E-state index is 13.2. The lowest BCUT2D eigenvalue weighted by Gasteiger charge is -2.15. The van der Waals surface area contributed by atoms with Crippen molar-refractivity contribution < 1.29 is 14.5 Å². The van der Waals surface area contributed by atoms with Crippen LogP contribution in [-0.2, 0) is 4.79 Å². The Bertz CT molecular complexity index is 1790. The Morgan fingerprint density at radius 3 is 2.12 bits per heavy atom. The first kappa shape index (κ1) is 27.6. The molecular weight excluding hydrogens is 528 g/mol. The number of aromatic nitrogens is 1. The number of non-ortho nitro benzene ring substituents is 1. The van der Waals surface area contributed by atoms with Gasteiger partial charge in [0.15, 0.2) is 0 Å². The number of nitro benzene ring substituents is 1. The van der Waals surface area contributed by atoms with Gasteiger partial charge in [0.05, 0.1) is 22.9 Å². The molecule has 0 spiro atoms. The Morgan fingerprint density at radius 1 is 0.929 bits per heavy atom. The van der Waals surface area contributed by atoms with Crippen molar-refractivity contribution in [3.05, 3.63) is 137 Å². The molecule has 0 aliphatic rings. The Labute approximate surface area is 242 Å². The van der Waals surface area contributed by atoms with Gasteiger partial charge in [-0.25, -0.2) is 0 Å². The van der Waals surface area contributed by atoms with Crippen LogP contribution in [0.25, 0.3) is 34.3 Å². The zero-order valence-electron chi connectivity index (χ0n) is 22.7. The minimum atomic E-state index is -0.551. The van der Waals surface area contributed by atoms with Gasteiger partial charge in [0, 0.05) is 29.1 Å². The highest BCUT2D eigenvalue weighted by atomic mass is 16.6. The van der Waals surface area contributed by atoms with E-state index in [2.05, 4.69) is 5.32 Å². The first-order valence-corrected chi connectivity index (χ1v) is 13.3. The van der Waals surface area contributed by atoms with E-state index in [0.29, 0.717) is 29.3 Å². The van der Waals surface area contributed by atoms with Crippen LogP contribution < -0.4 is 10.1 Å². The third-order valence-corrected chi connectivity index (χ3v) is 6.55. The molecule has 8 heteroatoms. The Hall–Kier alpha value is -5.94. The van der Waals surface area contributed by atoms with Gasteiger partial charge in [0.25, 0.3) is 11.6 Å². The molecule has 1 aromatic heterocycles. The van der Waals surface area contributed by atoms with Crippen LogP contribution >= 0.6 is 0 Å². The number of nitriles is 1. The third-order valence-electron chi connectivity index (χ3n) is 6.55. The van der Waals surface area contributed by atoms with Crippen LogP contribution in [0.3, 0.4) is 0 Å². The third kappa shape index (κ3) is 5.96. The largest absolute Gasteiger partial charge is 0.494 e. The predicted octanol–water partition coefficient (Wildman–Crippen LogP) is 7.66. The van der Waals surface area contributed by atoms with Gasteiger partial charge in [0.2, 0.25) is 0 Å². The first-order chi connectivity index (χ1) is 20.5. The SMILES string of the molecule is CCOc1ccc(NC(=O)/C(C#N)=C/c2cc(-c3ccccc3)n(-c3ccc([N+](=O)[O-])cc3)c2-c2ccccc2)cc1.